The van der Waals surface area contributed by atoms with Crippen LogP contribution in [0.2, 0.25) is 0 Å². The van der Waals surface area contributed by atoms with Gasteiger partial charge in [0.25, 0.3) is 0 Å². The van der Waals surface area contributed by atoms with Crippen molar-refractivity contribution in [3.05, 3.63) is 234 Å². The Hall–Kier alpha value is -8.48. The topological polar surface area (TPSA) is 61.8 Å². The minimum absolute atomic E-state index is 0.461. The molecule has 1 aliphatic rings. The van der Waals surface area contributed by atoms with Gasteiger partial charge in [-0.1, -0.05) is 151 Å². The highest BCUT2D eigenvalue weighted by Crippen LogP contribution is 2.42. The van der Waals surface area contributed by atoms with E-state index in [4.69, 9.17) is 19.7 Å². The Bertz CT molecular complexity index is 3820. The molecule has 6 heteroatoms. The molecule has 12 aromatic rings. The van der Waals surface area contributed by atoms with Crippen LogP contribution >= 0.6 is 0 Å². The summed E-state index contributed by atoms with van der Waals surface area (Å²) >= 11 is 0. The van der Waals surface area contributed by atoms with Crippen LogP contribution in [0, 0.1) is 0 Å². The molecule has 0 saturated heterocycles. The zero-order valence-corrected chi connectivity index (χ0v) is 33.9. The van der Waals surface area contributed by atoms with Gasteiger partial charge in [0, 0.05) is 55.3 Å². The largest absolute Gasteiger partial charge is 0.456 e. The molecule has 0 saturated carbocycles. The number of fused-ring (bicyclic) bond motifs is 9. The van der Waals surface area contributed by atoms with E-state index < -0.39 is 6.17 Å². The Kier molecular flexibility index (Phi) is 7.87. The van der Waals surface area contributed by atoms with Gasteiger partial charge in [-0.15, -0.1) is 0 Å². The number of benzene rings is 9. The van der Waals surface area contributed by atoms with Gasteiger partial charge < -0.3 is 23.9 Å². The second kappa shape index (κ2) is 14.0. The maximum Gasteiger partial charge on any atom is 0.137 e. The number of aromatic nitrogens is 2. The zero-order chi connectivity index (χ0) is 41.4. The first-order valence-electron chi connectivity index (χ1n) is 21.3. The standard InChI is InChI=1S/C57H36N5O/c1-4-16-36(17-5-1)38-20-14-21-39(32-38)56-58-55(37-18-6-2-7-19-37)59-57(60-56)45-26-15-29-52-54(45)44-31-30-41(33-53(44)63-52)62-49-28-13-11-25-43(49)47-34-50-46(35-51(47)62)42-24-10-12-27-48(42)61(50)40-22-8-3-9-23-40/h1-35,55H/q-1. The zero-order valence-electron chi connectivity index (χ0n) is 33.9. The van der Waals surface area contributed by atoms with Gasteiger partial charge in [0.1, 0.15) is 11.2 Å². The van der Waals surface area contributed by atoms with Crippen molar-refractivity contribution in [1.29, 1.82) is 0 Å². The average Bonchev–Trinajstić information content (AvgIpc) is 4.01. The van der Waals surface area contributed by atoms with E-state index in [-0.39, 0.29) is 0 Å². The minimum Gasteiger partial charge on any atom is -0.456 e. The Morgan fingerprint density at radius 1 is 0.413 bits per heavy atom. The lowest BCUT2D eigenvalue weighted by Gasteiger charge is -2.32. The molecule has 9 aromatic carbocycles. The summed E-state index contributed by atoms with van der Waals surface area (Å²) in [5, 5.41) is 11.9. The molecule has 13 rings (SSSR count). The molecule has 0 radical (unpaired) electrons. The Morgan fingerprint density at radius 3 is 1.75 bits per heavy atom. The molecule has 4 heterocycles. The monoisotopic (exact) mass is 806 g/mol. The SMILES string of the molecule is c1ccc(-c2cccc(C3=NC(c4cccc5oc6cc(-n7c8ccccc8c8cc9c(cc87)c7ccccc7n9-c7ccccc7)ccc6c45)=NC(c4ccccc4)[N-]3)c2)cc1. The summed E-state index contributed by atoms with van der Waals surface area (Å²) in [6.07, 6.45) is -0.461. The third kappa shape index (κ3) is 5.65. The Balaban J connectivity index is 0.981. The van der Waals surface area contributed by atoms with Crippen molar-refractivity contribution >= 4 is 77.2 Å². The van der Waals surface area contributed by atoms with Crippen molar-refractivity contribution in [3.8, 4) is 22.5 Å². The number of amidine groups is 2. The summed E-state index contributed by atoms with van der Waals surface area (Å²) in [4.78, 5) is 10.4. The number of para-hydroxylation sites is 3. The molecule has 63 heavy (non-hydrogen) atoms. The van der Waals surface area contributed by atoms with Crippen LogP contribution in [0.15, 0.2) is 227 Å². The van der Waals surface area contributed by atoms with Crippen molar-refractivity contribution in [3.63, 3.8) is 0 Å². The van der Waals surface area contributed by atoms with Crippen molar-refractivity contribution in [2.45, 2.75) is 6.17 Å². The molecule has 1 atom stereocenters. The molecular formula is C57H36N5O-. The number of aliphatic imine (C=N–C) groups is 2. The molecule has 296 valence electrons. The van der Waals surface area contributed by atoms with Crippen LogP contribution in [0.1, 0.15) is 22.9 Å². The molecule has 0 aliphatic carbocycles. The second-order valence-corrected chi connectivity index (χ2v) is 16.1. The number of rotatable bonds is 6. The van der Waals surface area contributed by atoms with E-state index >= 15 is 0 Å². The van der Waals surface area contributed by atoms with Crippen molar-refractivity contribution in [1.82, 2.24) is 9.13 Å². The average molecular weight is 807 g/mol. The fraction of sp³-hybridized carbons (Fsp3) is 0.0175. The minimum atomic E-state index is -0.461. The summed E-state index contributed by atoms with van der Waals surface area (Å²) in [5.41, 5.74) is 13.5. The third-order valence-corrected chi connectivity index (χ3v) is 12.5. The van der Waals surface area contributed by atoms with Crippen LogP contribution in [0.4, 0.5) is 0 Å². The molecule has 6 nitrogen and oxygen atoms in total. The summed E-state index contributed by atoms with van der Waals surface area (Å²) in [5.74, 6) is 1.27. The fourth-order valence-corrected chi connectivity index (χ4v) is 9.63. The maximum absolute atomic E-state index is 6.77. The lowest BCUT2D eigenvalue weighted by molar-refractivity contribution is 0.668. The summed E-state index contributed by atoms with van der Waals surface area (Å²) in [7, 11) is 0. The van der Waals surface area contributed by atoms with Crippen LogP contribution in [0.25, 0.3) is 93.4 Å². The first-order valence-corrected chi connectivity index (χ1v) is 21.3. The molecule has 0 bridgehead atoms. The summed E-state index contributed by atoms with van der Waals surface area (Å²) in [6, 6.07) is 74.6. The van der Waals surface area contributed by atoms with E-state index in [9.17, 15) is 0 Å². The number of furan rings is 1. The maximum atomic E-state index is 6.77. The van der Waals surface area contributed by atoms with Gasteiger partial charge in [-0.3, -0.25) is 4.99 Å². The number of hydrogen-bond acceptors (Lipinski definition) is 3. The highest BCUT2D eigenvalue weighted by atomic mass is 16.3. The van der Waals surface area contributed by atoms with Gasteiger partial charge in [-0.2, -0.15) is 0 Å². The predicted molar refractivity (Wildman–Crippen MR) is 260 cm³/mol. The van der Waals surface area contributed by atoms with Crippen LogP contribution < -0.4 is 0 Å². The molecular weight excluding hydrogens is 771 g/mol. The normalized spacial score (nSPS) is 14.2. The van der Waals surface area contributed by atoms with Gasteiger partial charge in [-0.05, 0) is 82.9 Å². The van der Waals surface area contributed by atoms with E-state index in [2.05, 4.69) is 185 Å². The van der Waals surface area contributed by atoms with Crippen molar-refractivity contribution < 1.29 is 4.42 Å². The first-order chi connectivity index (χ1) is 31.2. The summed E-state index contributed by atoms with van der Waals surface area (Å²) < 4.78 is 11.5. The van der Waals surface area contributed by atoms with Crippen LogP contribution in [0.3, 0.4) is 0 Å². The van der Waals surface area contributed by atoms with Gasteiger partial charge in [0.2, 0.25) is 0 Å². The quantitative estimate of drug-likeness (QED) is 0.165. The molecule has 0 spiro atoms. The first kappa shape index (κ1) is 35.3. The fourth-order valence-electron chi connectivity index (χ4n) is 9.63. The summed E-state index contributed by atoms with van der Waals surface area (Å²) in [6.45, 7) is 0. The lowest BCUT2D eigenvalue weighted by Crippen LogP contribution is -2.16. The Morgan fingerprint density at radius 2 is 1.02 bits per heavy atom. The second-order valence-electron chi connectivity index (χ2n) is 16.1. The molecule has 0 fully saturated rings. The van der Waals surface area contributed by atoms with E-state index in [1.54, 1.807) is 0 Å². The van der Waals surface area contributed by atoms with Crippen LogP contribution in [-0.4, -0.2) is 20.8 Å². The van der Waals surface area contributed by atoms with Gasteiger partial charge in [0.05, 0.1) is 34.1 Å². The molecule has 3 aromatic heterocycles. The highest BCUT2D eigenvalue weighted by molar-refractivity contribution is 6.25. The molecule has 1 unspecified atom stereocenters. The molecule has 0 N–H and O–H groups in total. The van der Waals surface area contributed by atoms with Gasteiger partial charge in [0.15, 0.2) is 0 Å². The number of nitrogens with zero attached hydrogens (tertiary/aromatic N) is 5. The smallest absolute Gasteiger partial charge is 0.137 e. The van der Waals surface area contributed by atoms with Crippen LogP contribution in [0.5, 0.6) is 0 Å². The predicted octanol–water partition coefficient (Wildman–Crippen LogP) is 14.7. The van der Waals surface area contributed by atoms with E-state index in [0.29, 0.717) is 11.7 Å². The molecule has 0 amide bonds. The van der Waals surface area contributed by atoms with Crippen molar-refractivity contribution in [2.75, 3.05) is 0 Å². The highest BCUT2D eigenvalue weighted by Gasteiger charge is 2.21. The molecule has 1 aliphatic heterocycles. The van der Waals surface area contributed by atoms with Gasteiger partial charge >= 0.3 is 0 Å². The van der Waals surface area contributed by atoms with Crippen molar-refractivity contribution in [2.24, 2.45) is 9.98 Å². The lowest BCUT2D eigenvalue weighted by atomic mass is 10.0. The number of hydrogen-bond donors (Lipinski definition) is 0. The van der Waals surface area contributed by atoms with E-state index in [1.807, 2.05) is 36.4 Å². The van der Waals surface area contributed by atoms with Crippen LogP contribution in [-0.2, 0) is 0 Å². The Labute approximate surface area is 362 Å². The van der Waals surface area contributed by atoms with Gasteiger partial charge in [-0.25, -0.2) is 0 Å². The van der Waals surface area contributed by atoms with E-state index in [0.717, 1.165) is 72.2 Å². The third-order valence-electron chi connectivity index (χ3n) is 12.5. The van der Waals surface area contributed by atoms with E-state index in [1.165, 1.54) is 32.6 Å².